The summed E-state index contributed by atoms with van der Waals surface area (Å²) in [6.07, 6.45) is 0. The van der Waals surface area contributed by atoms with Gasteiger partial charge in [-0.05, 0) is 48.9 Å². The minimum Gasteiger partial charge on any atom is -0.503 e. The molecule has 1 heterocycles. The van der Waals surface area contributed by atoms with Crippen LogP contribution in [-0.4, -0.2) is 16.8 Å². The van der Waals surface area contributed by atoms with E-state index >= 15 is 0 Å². The van der Waals surface area contributed by atoms with Crippen molar-refractivity contribution in [1.82, 2.24) is 0 Å². The molecular formula is C18H13BrFNO3. The first-order valence-corrected chi connectivity index (χ1v) is 7.98. The number of aliphatic hydroxyl groups excluding tert-OH is 1. The Labute approximate surface area is 146 Å². The molecule has 0 saturated heterocycles. The summed E-state index contributed by atoms with van der Waals surface area (Å²) >= 11 is 3.33. The lowest BCUT2D eigenvalue weighted by Gasteiger charge is -2.26. The van der Waals surface area contributed by atoms with E-state index in [9.17, 15) is 19.1 Å². The van der Waals surface area contributed by atoms with Crippen LogP contribution in [0.25, 0.3) is 0 Å². The summed E-state index contributed by atoms with van der Waals surface area (Å²) in [5, 5.41) is 10.2. The van der Waals surface area contributed by atoms with Gasteiger partial charge in [0.05, 0.1) is 11.6 Å². The molecule has 1 N–H and O–H groups in total. The van der Waals surface area contributed by atoms with Gasteiger partial charge in [-0.3, -0.25) is 14.5 Å². The molecule has 4 nitrogen and oxygen atoms in total. The highest BCUT2D eigenvalue weighted by Crippen LogP contribution is 2.41. The fraction of sp³-hybridized carbons (Fsp3) is 0.111. The number of benzene rings is 2. The lowest BCUT2D eigenvalue weighted by atomic mass is 9.96. The Morgan fingerprint density at radius 3 is 2.25 bits per heavy atom. The van der Waals surface area contributed by atoms with Crippen LogP contribution in [0.15, 0.2) is 64.3 Å². The number of hydrogen-bond donors (Lipinski definition) is 1. The molecule has 1 atom stereocenters. The van der Waals surface area contributed by atoms with Crippen molar-refractivity contribution in [2.75, 3.05) is 4.90 Å². The van der Waals surface area contributed by atoms with Crippen LogP contribution in [0.3, 0.4) is 0 Å². The molecule has 0 unspecified atom stereocenters. The highest BCUT2D eigenvalue weighted by molar-refractivity contribution is 9.10. The molecule has 1 aliphatic heterocycles. The number of carbonyl (C=O) groups excluding carboxylic acids is 2. The number of anilines is 1. The predicted molar refractivity (Wildman–Crippen MR) is 91.1 cm³/mol. The van der Waals surface area contributed by atoms with E-state index in [1.807, 2.05) is 0 Å². The van der Waals surface area contributed by atoms with Gasteiger partial charge in [0.1, 0.15) is 5.82 Å². The number of amides is 1. The fourth-order valence-corrected chi connectivity index (χ4v) is 3.06. The second-order valence-electron chi connectivity index (χ2n) is 5.42. The maximum absolute atomic E-state index is 13.2. The van der Waals surface area contributed by atoms with Crippen molar-refractivity contribution in [2.45, 2.75) is 13.0 Å². The monoisotopic (exact) mass is 389 g/mol. The van der Waals surface area contributed by atoms with Crippen molar-refractivity contribution in [2.24, 2.45) is 0 Å². The highest BCUT2D eigenvalue weighted by atomic mass is 79.9. The minimum absolute atomic E-state index is 0.00882. The fourth-order valence-electron chi connectivity index (χ4n) is 2.79. The zero-order valence-electron chi connectivity index (χ0n) is 12.7. The third kappa shape index (κ3) is 2.73. The average molecular weight is 390 g/mol. The molecule has 0 fully saturated rings. The van der Waals surface area contributed by atoms with E-state index in [4.69, 9.17) is 0 Å². The van der Waals surface area contributed by atoms with E-state index in [0.29, 0.717) is 11.3 Å². The van der Waals surface area contributed by atoms with Gasteiger partial charge in [-0.15, -0.1) is 0 Å². The lowest BCUT2D eigenvalue weighted by molar-refractivity contribution is -0.117. The quantitative estimate of drug-likeness (QED) is 0.860. The van der Waals surface area contributed by atoms with E-state index in [-0.39, 0.29) is 5.57 Å². The predicted octanol–water partition coefficient (Wildman–Crippen LogP) is 4.08. The number of rotatable bonds is 3. The summed E-state index contributed by atoms with van der Waals surface area (Å²) in [6, 6.07) is 11.6. The summed E-state index contributed by atoms with van der Waals surface area (Å²) in [7, 11) is 0. The van der Waals surface area contributed by atoms with Crippen LogP contribution in [0, 0.1) is 5.82 Å². The van der Waals surface area contributed by atoms with Gasteiger partial charge in [-0.2, -0.15) is 0 Å². The molecule has 0 radical (unpaired) electrons. The third-order valence-corrected chi connectivity index (χ3v) is 4.41. The summed E-state index contributed by atoms with van der Waals surface area (Å²) in [6.45, 7) is 1.29. The van der Waals surface area contributed by atoms with E-state index in [1.54, 1.807) is 24.3 Å². The molecule has 0 aliphatic carbocycles. The number of halogens is 2. The topological polar surface area (TPSA) is 57.6 Å². The second kappa shape index (κ2) is 6.20. The molecule has 0 aromatic heterocycles. The van der Waals surface area contributed by atoms with Gasteiger partial charge < -0.3 is 5.11 Å². The van der Waals surface area contributed by atoms with Crippen LogP contribution in [0.4, 0.5) is 10.1 Å². The smallest absolute Gasteiger partial charge is 0.294 e. The molecule has 2 aromatic rings. The van der Waals surface area contributed by atoms with E-state index < -0.39 is 29.3 Å². The second-order valence-corrected chi connectivity index (χ2v) is 6.34. The Bertz CT molecular complexity index is 844. The van der Waals surface area contributed by atoms with E-state index in [0.717, 1.165) is 4.47 Å². The lowest BCUT2D eigenvalue weighted by Crippen LogP contribution is -2.30. The Balaban J connectivity index is 2.16. The van der Waals surface area contributed by atoms with Gasteiger partial charge in [0.2, 0.25) is 0 Å². The minimum atomic E-state index is -0.795. The Hall–Kier alpha value is -2.47. The standard InChI is InChI=1S/C18H13BrFNO3/c1-10(22)15-16(11-2-6-13(20)7-3-11)21(18(24)17(15)23)14-8-4-12(19)5-9-14/h2-9,16,23H,1H3/t16-/m0/s1. The van der Waals surface area contributed by atoms with Crippen molar-refractivity contribution in [3.05, 3.63) is 75.7 Å². The van der Waals surface area contributed by atoms with Crippen LogP contribution >= 0.6 is 15.9 Å². The van der Waals surface area contributed by atoms with Gasteiger partial charge in [0, 0.05) is 10.2 Å². The summed E-state index contributed by atoms with van der Waals surface area (Å²) < 4.78 is 14.1. The van der Waals surface area contributed by atoms with Crippen molar-refractivity contribution in [3.8, 4) is 0 Å². The molecule has 6 heteroatoms. The van der Waals surface area contributed by atoms with E-state index in [2.05, 4.69) is 15.9 Å². The van der Waals surface area contributed by atoms with Crippen molar-refractivity contribution < 1.29 is 19.1 Å². The molecule has 1 amide bonds. The van der Waals surface area contributed by atoms with Crippen LogP contribution in [0.5, 0.6) is 0 Å². The first kappa shape index (κ1) is 16.4. The van der Waals surface area contributed by atoms with Gasteiger partial charge in [0.15, 0.2) is 11.5 Å². The summed E-state index contributed by atoms with van der Waals surface area (Å²) in [4.78, 5) is 25.9. The van der Waals surface area contributed by atoms with Crippen LogP contribution in [-0.2, 0) is 9.59 Å². The number of aliphatic hydroxyl groups is 1. The van der Waals surface area contributed by atoms with Gasteiger partial charge in [-0.1, -0.05) is 28.1 Å². The Kier molecular flexibility index (Phi) is 4.24. The third-order valence-electron chi connectivity index (χ3n) is 3.88. The first-order valence-electron chi connectivity index (χ1n) is 7.19. The molecule has 24 heavy (non-hydrogen) atoms. The first-order chi connectivity index (χ1) is 11.4. The highest BCUT2D eigenvalue weighted by Gasteiger charge is 2.43. The molecule has 0 spiro atoms. The molecule has 2 aromatic carbocycles. The number of carbonyl (C=O) groups is 2. The van der Waals surface area contributed by atoms with Crippen molar-refractivity contribution in [1.29, 1.82) is 0 Å². The normalized spacial score (nSPS) is 17.5. The molecule has 0 saturated carbocycles. The van der Waals surface area contributed by atoms with Gasteiger partial charge in [0.25, 0.3) is 5.91 Å². The van der Waals surface area contributed by atoms with Crippen LogP contribution in [0.1, 0.15) is 18.5 Å². The van der Waals surface area contributed by atoms with Gasteiger partial charge in [-0.25, -0.2) is 4.39 Å². The zero-order chi connectivity index (χ0) is 17.4. The molecule has 3 rings (SSSR count). The van der Waals surface area contributed by atoms with Crippen LogP contribution in [0.2, 0.25) is 0 Å². The molecular weight excluding hydrogens is 377 g/mol. The Morgan fingerprint density at radius 2 is 1.71 bits per heavy atom. The largest absolute Gasteiger partial charge is 0.503 e. The molecule has 122 valence electrons. The van der Waals surface area contributed by atoms with E-state index in [1.165, 1.54) is 36.1 Å². The number of ketones is 1. The molecule has 0 bridgehead atoms. The van der Waals surface area contributed by atoms with Crippen molar-refractivity contribution >= 4 is 33.3 Å². The maximum Gasteiger partial charge on any atom is 0.294 e. The Morgan fingerprint density at radius 1 is 1.12 bits per heavy atom. The average Bonchev–Trinajstić information content (AvgIpc) is 2.81. The number of hydrogen-bond acceptors (Lipinski definition) is 3. The summed E-state index contributed by atoms with van der Waals surface area (Å²) in [5.74, 6) is -2.05. The van der Waals surface area contributed by atoms with Crippen LogP contribution < -0.4 is 4.90 Å². The number of nitrogens with zero attached hydrogens (tertiary/aromatic N) is 1. The van der Waals surface area contributed by atoms with Crippen molar-refractivity contribution in [3.63, 3.8) is 0 Å². The van der Waals surface area contributed by atoms with Gasteiger partial charge >= 0.3 is 0 Å². The number of Topliss-reactive ketones (excluding diaryl/α,β-unsaturated/α-hetero) is 1. The maximum atomic E-state index is 13.2. The summed E-state index contributed by atoms with van der Waals surface area (Å²) in [5.41, 5.74) is 1.08. The SMILES string of the molecule is CC(=O)C1=C(O)C(=O)N(c2ccc(Br)cc2)[C@H]1c1ccc(F)cc1. The molecule has 1 aliphatic rings. The zero-order valence-corrected chi connectivity index (χ0v) is 14.2.